The molecule has 0 amide bonds. The van der Waals surface area contributed by atoms with E-state index in [9.17, 15) is 12.8 Å². The lowest BCUT2D eigenvalue weighted by Gasteiger charge is -2.18. The Morgan fingerprint density at radius 1 is 1.08 bits per heavy atom. The van der Waals surface area contributed by atoms with Crippen molar-refractivity contribution in [2.24, 2.45) is 0 Å². The van der Waals surface area contributed by atoms with Gasteiger partial charge in [-0.3, -0.25) is 4.72 Å². The molecule has 7 heteroatoms. The molecule has 1 N–H and O–H groups in total. The van der Waals surface area contributed by atoms with Crippen molar-refractivity contribution in [2.75, 3.05) is 23.7 Å². The highest BCUT2D eigenvalue weighted by Gasteiger charge is 2.17. The van der Waals surface area contributed by atoms with Gasteiger partial charge in [0.1, 0.15) is 11.6 Å². The first-order valence-corrected chi connectivity index (χ1v) is 8.94. The molecule has 24 heavy (non-hydrogen) atoms. The summed E-state index contributed by atoms with van der Waals surface area (Å²) in [6.45, 7) is 3.78. The van der Waals surface area contributed by atoms with Crippen LogP contribution in [0.2, 0.25) is 0 Å². The number of benzene rings is 2. The zero-order chi connectivity index (χ0) is 17.9. The highest BCUT2D eigenvalue weighted by atomic mass is 32.2. The molecule has 5 nitrogen and oxygen atoms in total. The normalized spacial score (nSPS) is 11.4. The fourth-order valence-corrected chi connectivity index (χ4v) is 3.22. The van der Waals surface area contributed by atoms with Gasteiger partial charge in [-0.2, -0.15) is 0 Å². The van der Waals surface area contributed by atoms with Gasteiger partial charge in [0.2, 0.25) is 0 Å². The molecule has 0 aliphatic carbocycles. The van der Waals surface area contributed by atoms with E-state index >= 15 is 0 Å². The van der Waals surface area contributed by atoms with Crippen molar-refractivity contribution in [2.45, 2.75) is 24.8 Å². The molecule has 0 bridgehead atoms. The van der Waals surface area contributed by atoms with Crippen molar-refractivity contribution >= 4 is 21.4 Å². The second-order valence-corrected chi connectivity index (χ2v) is 7.48. The average molecular weight is 352 g/mol. The van der Waals surface area contributed by atoms with Crippen LogP contribution in [0.1, 0.15) is 13.8 Å². The first-order chi connectivity index (χ1) is 11.2. The summed E-state index contributed by atoms with van der Waals surface area (Å²) >= 11 is 0. The molecule has 0 spiro atoms. The van der Waals surface area contributed by atoms with Crippen molar-refractivity contribution in [3.63, 3.8) is 0 Å². The Morgan fingerprint density at radius 3 is 2.25 bits per heavy atom. The van der Waals surface area contributed by atoms with Crippen molar-refractivity contribution in [1.29, 1.82) is 0 Å². The molecule has 0 aliphatic rings. The van der Waals surface area contributed by atoms with Gasteiger partial charge in [-0.15, -0.1) is 0 Å². The highest BCUT2D eigenvalue weighted by molar-refractivity contribution is 7.92. The third-order valence-electron chi connectivity index (χ3n) is 3.19. The molecular weight excluding hydrogens is 331 g/mol. The smallest absolute Gasteiger partial charge is 0.261 e. The van der Waals surface area contributed by atoms with Crippen LogP contribution in [0.5, 0.6) is 5.75 Å². The third-order valence-corrected chi connectivity index (χ3v) is 4.57. The van der Waals surface area contributed by atoms with Crippen LogP contribution in [0.25, 0.3) is 0 Å². The molecule has 0 radical (unpaired) electrons. The number of anilines is 2. The van der Waals surface area contributed by atoms with E-state index in [1.807, 2.05) is 13.8 Å². The lowest BCUT2D eigenvalue weighted by Crippen LogP contribution is -2.17. The Balaban J connectivity index is 2.30. The van der Waals surface area contributed by atoms with Crippen LogP contribution in [-0.4, -0.2) is 28.6 Å². The van der Waals surface area contributed by atoms with Crippen molar-refractivity contribution in [3.05, 3.63) is 48.3 Å². The fourth-order valence-electron chi connectivity index (χ4n) is 2.15. The monoisotopic (exact) mass is 352 g/mol. The summed E-state index contributed by atoms with van der Waals surface area (Å²) in [5.74, 6) is 0.0719. The van der Waals surface area contributed by atoms with Crippen molar-refractivity contribution in [3.8, 4) is 5.75 Å². The fraction of sp³-hybridized carbons (Fsp3) is 0.294. The van der Waals surface area contributed by atoms with Crippen LogP contribution < -0.4 is 14.4 Å². The summed E-state index contributed by atoms with van der Waals surface area (Å²) in [4.78, 5) is 1.78. The predicted molar refractivity (Wildman–Crippen MR) is 93.7 cm³/mol. The van der Waals surface area contributed by atoms with Gasteiger partial charge in [0.15, 0.2) is 0 Å². The molecule has 0 saturated heterocycles. The van der Waals surface area contributed by atoms with Gasteiger partial charge in [0.05, 0.1) is 22.4 Å². The van der Waals surface area contributed by atoms with Crippen LogP contribution >= 0.6 is 0 Å². The molecule has 0 heterocycles. The van der Waals surface area contributed by atoms with Gasteiger partial charge in [-0.25, -0.2) is 12.8 Å². The lowest BCUT2D eigenvalue weighted by atomic mass is 10.2. The highest BCUT2D eigenvalue weighted by Crippen LogP contribution is 2.28. The molecule has 2 aromatic carbocycles. The number of halogens is 1. The minimum atomic E-state index is -3.83. The lowest BCUT2D eigenvalue weighted by molar-refractivity contribution is 0.242. The Kier molecular flexibility index (Phi) is 5.33. The van der Waals surface area contributed by atoms with E-state index in [1.165, 1.54) is 24.3 Å². The SMILES string of the molecule is CC(C)Oc1ccc(S(=O)(=O)Nc2cc(F)ccc2N(C)C)cc1. The second-order valence-electron chi connectivity index (χ2n) is 5.80. The Morgan fingerprint density at radius 2 is 1.71 bits per heavy atom. The zero-order valence-electron chi connectivity index (χ0n) is 14.1. The minimum absolute atomic E-state index is 0.000487. The number of sulfonamides is 1. The first kappa shape index (κ1) is 18.1. The number of rotatable bonds is 6. The third kappa shape index (κ3) is 4.38. The predicted octanol–water partition coefficient (Wildman–Crippen LogP) is 3.48. The van der Waals surface area contributed by atoms with E-state index in [0.717, 1.165) is 6.07 Å². The van der Waals surface area contributed by atoms with Crippen molar-refractivity contribution < 1.29 is 17.5 Å². The summed E-state index contributed by atoms with van der Waals surface area (Å²) in [5.41, 5.74) is 0.752. The quantitative estimate of drug-likeness (QED) is 0.865. The topological polar surface area (TPSA) is 58.6 Å². The standard InChI is InChI=1S/C17H21FN2O3S/c1-12(2)23-14-6-8-15(9-7-14)24(21,22)19-16-11-13(18)5-10-17(16)20(3)4/h5-12,19H,1-4H3. The van der Waals surface area contributed by atoms with E-state index < -0.39 is 15.8 Å². The minimum Gasteiger partial charge on any atom is -0.491 e. The van der Waals surface area contributed by atoms with Crippen LogP contribution in [-0.2, 0) is 10.0 Å². The van der Waals surface area contributed by atoms with Gasteiger partial charge in [-0.1, -0.05) is 0 Å². The summed E-state index contributed by atoms with van der Waals surface area (Å²) in [7, 11) is -0.324. The number of hydrogen-bond acceptors (Lipinski definition) is 4. The van der Waals surface area contributed by atoms with Crippen LogP contribution in [0.15, 0.2) is 47.4 Å². The largest absolute Gasteiger partial charge is 0.491 e. The summed E-state index contributed by atoms with van der Waals surface area (Å²) in [6.07, 6.45) is 0.000487. The van der Waals surface area contributed by atoms with E-state index in [1.54, 1.807) is 31.1 Å². The van der Waals surface area contributed by atoms with Gasteiger partial charge < -0.3 is 9.64 Å². The van der Waals surface area contributed by atoms with Crippen LogP contribution in [0.3, 0.4) is 0 Å². The maximum atomic E-state index is 13.5. The Hall–Kier alpha value is -2.28. The second kappa shape index (κ2) is 7.09. The number of nitrogens with zero attached hydrogens (tertiary/aromatic N) is 1. The molecule has 0 unspecified atom stereocenters. The Labute approximate surface area is 142 Å². The molecule has 2 aromatic rings. The summed E-state index contributed by atoms with van der Waals surface area (Å²) in [6, 6.07) is 10.0. The van der Waals surface area contributed by atoms with Gasteiger partial charge >= 0.3 is 0 Å². The number of hydrogen-bond donors (Lipinski definition) is 1. The maximum Gasteiger partial charge on any atom is 0.261 e. The Bertz CT molecular complexity index is 803. The molecule has 130 valence electrons. The van der Waals surface area contributed by atoms with Crippen molar-refractivity contribution in [1.82, 2.24) is 0 Å². The van der Waals surface area contributed by atoms with Gasteiger partial charge in [0.25, 0.3) is 10.0 Å². The van der Waals surface area contributed by atoms with E-state index in [0.29, 0.717) is 11.4 Å². The van der Waals surface area contributed by atoms with E-state index in [4.69, 9.17) is 4.74 Å². The summed E-state index contributed by atoms with van der Waals surface area (Å²) < 4.78 is 46.5. The van der Waals surface area contributed by atoms with Gasteiger partial charge in [-0.05, 0) is 50.2 Å². The summed E-state index contributed by atoms with van der Waals surface area (Å²) in [5, 5.41) is 0. The first-order valence-electron chi connectivity index (χ1n) is 7.45. The zero-order valence-corrected chi connectivity index (χ0v) is 14.9. The molecular formula is C17H21FN2O3S. The molecule has 2 rings (SSSR count). The maximum absolute atomic E-state index is 13.5. The molecule has 0 fully saturated rings. The molecule has 0 aromatic heterocycles. The number of ether oxygens (including phenoxy) is 1. The van der Waals surface area contributed by atoms with Gasteiger partial charge in [0, 0.05) is 20.2 Å². The van der Waals surface area contributed by atoms with Crippen LogP contribution in [0.4, 0.5) is 15.8 Å². The van der Waals surface area contributed by atoms with Crippen LogP contribution in [0, 0.1) is 5.82 Å². The molecule has 0 aliphatic heterocycles. The average Bonchev–Trinajstić information content (AvgIpc) is 2.46. The van der Waals surface area contributed by atoms with E-state index in [-0.39, 0.29) is 16.7 Å². The number of nitrogens with one attached hydrogen (secondary N) is 1. The molecule has 0 saturated carbocycles. The van der Waals surface area contributed by atoms with E-state index in [2.05, 4.69) is 4.72 Å². The molecule has 0 atom stereocenters.